The molecular formula is C21H27N3O5S. The third-order valence-electron chi connectivity index (χ3n) is 5.41. The van der Waals surface area contributed by atoms with E-state index in [0.29, 0.717) is 23.7 Å². The van der Waals surface area contributed by atoms with E-state index < -0.39 is 22.0 Å². The fourth-order valence-electron chi connectivity index (χ4n) is 3.70. The number of hydrogen-bond acceptors (Lipinski definition) is 6. The molecule has 162 valence electrons. The second-order valence-electron chi connectivity index (χ2n) is 8.96. The lowest BCUT2D eigenvalue weighted by Gasteiger charge is -2.31. The lowest BCUT2D eigenvalue weighted by Crippen LogP contribution is -2.46. The Kier molecular flexibility index (Phi) is 5.04. The van der Waals surface area contributed by atoms with Crippen molar-refractivity contribution in [1.29, 1.82) is 0 Å². The predicted molar refractivity (Wildman–Crippen MR) is 113 cm³/mol. The van der Waals surface area contributed by atoms with Gasteiger partial charge in [0, 0.05) is 11.5 Å². The highest BCUT2D eigenvalue weighted by atomic mass is 32.2. The van der Waals surface area contributed by atoms with E-state index in [1.54, 1.807) is 23.7 Å². The van der Waals surface area contributed by atoms with E-state index in [2.05, 4.69) is 10.4 Å². The van der Waals surface area contributed by atoms with Crippen LogP contribution in [0.1, 0.15) is 45.9 Å². The van der Waals surface area contributed by atoms with Crippen molar-refractivity contribution in [3.63, 3.8) is 0 Å². The monoisotopic (exact) mass is 433 g/mol. The van der Waals surface area contributed by atoms with Crippen molar-refractivity contribution in [2.75, 3.05) is 16.8 Å². The van der Waals surface area contributed by atoms with E-state index in [1.807, 2.05) is 39.0 Å². The Morgan fingerprint density at radius 1 is 1.20 bits per heavy atom. The van der Waals surface area contributed by atoms with Crippen LogP contribution < -0.4 is 14.8 Å². The molecule has 3 atom stereocenters. The van der Waals surface area contributed by atoms with E-state index in [1.165, 1.54) is 0 Å². The average Bonchev–Trinajstić information content (AvgIpc) is 3.23. The number of sulfone groups is 1. The summed E-state index contributed by atoms with van der Waals surface area (Å²) < 4.78 is 37.4. The molecule has 1 aromatic heterocycles. The Hall–Kier alpha value is -2.55. The number of rotatable bonds is 3. The summed E-state index contributed by atoms with van der Waals surface area (Å²) in [5, 5.41) is 7.55. The van der Waals surface area contributed by atoms with Crippen molar-refractivity contribution < 1.29 is 22.7 Å². The molecule has 3 heterocycles. The van der Waals surface area contributed by atoms with Crippen LogP contribution in [0.15, 0.2) is 30.3 Å². The lowest BCUT2D eigenvalue weighted by atomic mass is 9.92. The van der Waals surface area contributed by atoms with Crippen LogP contribution in [-0.2, 0) is 20.0 Å². The molecule has 8 nitrogen and oxygen atoms in total. The first kappa shape index (κ1) is 20.7. The molecule has 1 saturated heterocycles. The normalized spacial score (nSPS) is 25.1. The molecule has 0 bridgehead atoms. The first-order valence-corrected chi connectivity index (χ1v) is 11.9. The molecule has 0 radical (unpaired) electrons. The molecule has 1 N–H and O–H groups in total. The smallest absolute Gasteiger partial charge is 0.270 e. The molecule has 0 spiro atoms. The molecule has 1 fully saturated rings. The molecule has 2 aliphatic rings. The molecular weight excluding hydrogens is 406 g/mol. The average molecular weight is 434 g/mol. The van der Waals surface area contributed by atoms with Gasteiger partial charge >= 0.3 is 0 Å². The molecule has 1 aromatic carbocycles. The Labute approximate surface area is 176 Å². The van der Waals surface area contributed by atoms with Gasteiger partial charge < -0.3 is 14.8 Å². The highest BCUT2D eigenvalue weighted by molar-refractivity contribution is 7.91. The van der Waals surface area contributed by atoms with Crippen molar-refractivity contribution in [2.45, 2.75) is 57.8 Å². The Morgan fingerprint density at radius 2 is 1.87 bits per heavy atom. The highest BCUT2D eigenvalue weighted by Gasteiger charge is 2.37. The standard InChI is InChI=1S/C21H27N3O5S/c1-13-19(29-16-8-6-5-7-15(16)28-13)20(25)22-18-11-17(21(2,3)4)23-24(18)14-9-10-30(26,27)12-14/h5-8,11,13-14,19H,9-10,12H2,1-4H3,(H,22,25)/t13-,14-,19-/m0/s1. The van der Waals surface area contributed by atoms with Gasteiger partial charge in [0.1, 0.15) is 11.9 Å². The predicted octanol–water partition coefficient (Wildman–Crippen LogP) is 2.71. The highest BCUT2D eigenvalue weighted by Crippen LogP contribution is 2.35. The SMILES string of the molecule is C[C@@H]1Oc2ccccc2O[C@@H]1C(=O)Nc1cc(C(C)(C)C)nn1[C@H]1CCS(=O)(=O)C1. The molecule has 9 heteroatoms. The van der Waals surface area contributed by atoms with Gasteiger partial charge in [-0.05, 0) is 25.5 Å². The van der Waals surface area contributed by atoms with Gasteiger partial charge in [0.25, 0.3) is 5.91 Å². The Morgan fingerprint density at radius 3 is 2.47 bits per heavy atom. The molecule has 0 aliphatic carbocycles. The number of hydrogen-bond donors (Lipinski definition) is 1. The maximum absolute atomic E-state index is 13.1. The van der Waals surface area contributed by atoms with Gasteiger partial charge in [-0.3, -0.25) is 4.79 Å². The summed E-state index contributed by atoms with van der Waals surface area (Å²) >= 11 is 0. The third kappa shape index (κ3) is 4.03. The summed E-state index contributed by atoms with van der Waals surface area (Å²) in [6.45, 7) is 7.84. The van der Waals surface area contributed by atoms with Gasteiger partial charge in [-0.25, -0.2) is 13.1 Å². The van der Waals surface area contributed by atoms with Crippen LogP contribution >= 0.6 is 0 Å². The molecule has 2 aromatic rings. The maximum atomic E-state index is 13.1. The quantitative estimate of drug-likeness (QED) is 0.799. The van der Waals surface area contributed by atoms with E-state index in [9.17, 15) is 13.2 Å². The molecule has 30 heavy (non-hydrogen) atoms. The number of nitrogens with zero attached hydrogens (tertiary/aromatic N) is 2. The number of anilines is 1. The van der Waals surface area contributed by atoms with E-state index in [0.717, 1.165) is 5.69 Å². The van der Waals surface area contributed by atoms with Gasteiger partial charge in [0.05, 0.1) is 23.2 Å². The maximum Gasteiger partial charge on any atom is 0.270 e. The lowest BCUT2D eigenvalue weighted by molar-refractivity contribution is -0.128. The van der Waals surface area contributed by atoms with E-state index >= 15 is 0 Å². The van der Waals surface area contributed by atoms with Crippen molar-refractivity contribution in [3.05, 3.63) is 36.0 Å². The van der Waals surface area contributed by atoms with Crippen LogP contribution in [0.25, 0.3) is 0 Å². The Balaban J connectivity index is 1.61. The number of nitrogens with one attached hydrogen (secondary N) is 1. The molecule has 0 unspecified atom stereocenters. The van der Waals surface area contributed by atoms with Crippen LogP contribution in [0.2, 0.25) is 0 Å². The van der Waals surface area contributed by atoms with Crippen molar-refractivity contribution >= 4 is 21.6 Å². The summed E-state index contributed by atoms with van der Waals surface area (Å²) in [4.78, 5) is 13.1. The molecule has 0 saturated carbocycles. The van der Waals surface area contributed by atoms with E-state index in [-0.39, 0.29) is 28.9 Å². The van der Waals surface area contributed by atoms with Crippen LogP contribution in [-0.4, -0.2) is 47.8 Å². The zero-order valence-electron chi connectivity index (χ0n) is 17.6. The van der Waals surface area contributed by atoms with Crippen molar-refractivity contribution in [3.8, 4) is 11.5 Å². The molecule has 1 amide bonds. The minimum Gasteiger partial charge on any atom is -0.482 e. The van der Waals surface area contributed by atoms with Gasteiger partial charge in [-0.1, -0.05) is 32.9 Å². The second kappa shape index (κ2) is 7.30. The molecule has 4 rings (SSSR count). The number of fused-ring (bicyclic) bond motifs is 1. The number of carbonyl (C=O) groups excluding carboxylic acids is 1. The summed E-state index contributed by atoms with van der Waals surface area (Å²) in [7, 11) is -3.10. The topological polar surface area (TPSA) is 99.5 Å². The number of benzene rings is 1. The number of aromatic nitrogens is 2. The van der Waals surface area contributed by atoms with Gasteiger partial charge in [-0.2, -0.15) is 5.10 Å². The number of ether oxygens (including phenoxy) is 2. The fourth-order valence-corrected chi connectivity index (χ4v) is 5.40. The second-order valence-corrected chi connectivity index (χ2v) is 11.2. The van der Waals surface area contributed by atoms with E-state index in [4.69, 9.17) is 9.47 Å². The zero-order valence-corrected chi connectivity index (χ0v) is 18.4. The number of para-hydroxylation sites is 2. The Bertz CT molecular complexity index is 1070. The minimum absolute atomic E-state index is 0.0218. The van der Waals surface area contributed by atoms with Crippen molar-refractivity contribution in [1.82, 2.24) is 9.78 Å². The van der Waals surface area contributed by atoms with Crippen LogP contribution in [0.4, 0.5) is 5.82 Å². The first-order valence-electron chi connectivity index (χ1n) is 10.1. The number of amides is 1. The van der Waals surface area contributed by atoms with Gasteiger partial charge in [0.2, 0.25) is 6.10 Å². The summed E-state index contributed by atoms with van der Waals surface area (Å²) in [6, 6.07) is 8.72. The van der Waals surface area contributed by atoms with Gasteiger partial charge in [-0.15, -0.1) is 0 Å². The summed E-state index contributed by atoms with van der Waals surface area (Å²) in [5.74, 6) is 1.38. The first-order chi connectivity index (χ1) is 14.0. The minimum atomic E-state index is -3.10. The van der Waals surface area contributed by atoms with Gasteiger partial charge in [0.15, 0.2) is 21.3 Å². The molecule has 2 aliphatic heterocycles. The zero-order chi connectivity index (χ0) is 21.7. The number of carbonyl (C=O) groups is 1. The third-order valence-corrected chi connectivity index (χ3v) is 7.16. The largest absolute Gasteiger partial charge is 0.482 e. The van der Waals surface area contributed by atoms with Crippen LogP contribution in [0.5, 0.6) is 11.5 Å². The van der Waals surface area contributed by atoms with Crippen LogP contribution in [0, 0.1) is 0 Å². The summed E-state index contributed by atoms with van der Waals surface area (Å²) in [6.07, 6.45) is -0.845. The van der Waals surface area contributed by atoms with Crippen molar-refractivity contribution in [2.24, 2.45) is 0 Å². The summed E-state index contributed by atoms with van der Waals surface area (Å²) in [5.41, 5.74) is 0.528. The van der Waals surface area contributed by atoms with Crippen LogP contribution in [0.3, 0.4) is 0 Å². The fraction of sp³-hybridized carbons (Fsp3) is 0.524.